The predicted octanol–water partition coefficient (Wildman–Crippen LogP) is 6.35. The maximum atomic E-state index is 12.9. The molecule has 1 aliphatic rings. The smallest absolute Gasteiger partial charge is 0.225 e. The number of nitrogens with zero attached hydrogens (tertiary/aromatic N) is 1. The second-order valence-electron chi connectivity index (χ2n) is 9.19. The molecule has 0 bridgehead atoms. The van der Waals surface area contributed by atoms with Crippen LogP contribution in [-0.4, -0.2) is 32.2 Å². The first-order valence-corrected chi connectivity index (χ1v) is 15.3. The molecule has 4 aromatic rings. The van der Waals surface area contributed by atoms with E-state index in [-0.39, 0.29) is 29.4 Å². The fourth-order valence-electron chi connectivity index (χ4n) is 4.56. The molecule has 0 spiro atoms. The summed E-state index contributed by atoms with van der Waals surface area (Å²) >= 11 is 3.29. The van der Waals surface area contributed by atoms with Gasteiger partial charge in [-0.2, -0.15) is 0 Å². The van der Waals surface area contributed by atoms with Gasteiger partial charge in [-0.3, -0.25) is 4.79 Å². The van der Waals surface area contributed by atoms with Gasteiger partial charge in [0, 0.05) is 16.9 Å². The van der Waals surface area contributed by atoms with Gasteiger partial charge in [-0.05, 0) is 73.6 Å². The van der Waals surface area contributed by atoms with Crippen molar-refractivity contribution in [2.45, 2.75) is 43.9 Å². The summed E-state index contributed by atoms with van der Waals surface area (Å²) in [6.45, 7) is 2.27. The van der Waals surface area contributed by atoms with Gasteiger partial charge >= 0.3 is 0 Å². The molecule has 188 valence electrons. The first-order valence-electron chi connectivity index (χ1n) is 12.0. The normalized spacial score (nSPS) is 15.6. The number of thiazole rings is 1. The van der Waals surface area contributed by atoms with Crippen molar-refractivity contribution in [2.75, 3.05) is 18.2 Å². The summed E-state index contributed by atoms with van der Waals surface area (Å²) in [6, 6.07) is 14.4. The first-order chi connectivity index (χ1) is 17.3. The molecule has 1 N–H and O–H groups in total. The van der Waals surface area contributed by atoms with Crippen LogP contribution in [0.25, 0.3) is 20.8 Å². The van der Waals surface area contributed by atoms with Gasteiger partial charge in [0.05, 0.1) is 28.0 Å². The van der Waals surface area contributed by atoms with Crippen LogP contribution in [0.3, 0.4) is 0 Å². The topological polar surface area (TPSA) is 85.4 Å². The van der Waals surface area contributed by atoms with E-state index < -0.39 is 9.84 Å². The maximum absolute atomic E-state index is 12.9. The Morgan fingerprint density at radius 2 is 1.92 bits per heavy atom. The average molecular weight is 541 g/mol. The summed E-state index contributed by atoms with van der Waals surface area (Å²) in [4.78, 5) is 19.4. The third-order valence-corrected chi connectivity index (χ3v) is 10.5. The number of ether oxygens (including phenoxy) is 1. The lowest BCUT2D eigenvalue weighted by molar-refractivity contribution is -0.116. The van der Waals surface area contributed by atoms with Crippen LogP contribution in [0, 0.1) is 5.92 Å². The van der Waals surface area contributed by atoms with Crippen molar-refractivity contribution >= 4 is 53.6 Å². The van der Waals surface area contributed by atoms with Gasteiger partial charge in [-0.1, -0.05) is 19.1 Å². The minimum absolute atomic E-state index is 0.0874. The Morgan fingerprint density at radius 3 is 2.67 bits per heavy atom. The number of hydrogen-bond donors (Lipinski definition) is 1. The fraction of sp³-hybridized carbons (Fsp3) is 0.333. The minimum Gasteiger partial charge on any atom is -0.497 e. The van der Waals surface area contributed by atoms with Crippen LogP contribution in [0.5, 0.6) is 5.75 Å². The lowest BCUT2D eigenvalue weighted by Gasteiger charge is -2.18. The Kier molecular flexibility index (Phi) is 7.14. The number of sulfone groups is 1. The van der Waals surface area contributed by atoms with Crippen LogP contribution < -0.4 is 10.1 Å². The molecule has 36 heavy (non-hydrogen) atoms. The van der Waals surface area contributed by atoms with E-state index in [1.54, 1.807) is 34.8 Å². The molecule has 5 rings (SSSR count). The van der Waals surface area contributed by atoms with Crippen molar-refractivity contribution in [1.29, 1.82) is 0 Å². The zero-order chi connectivity index (χ0) is 25.3. The molecule has 1 aliphatic carbocycles. The molecule has 1 atom stereocenters. The highest BCUT2D eigenvalue weighted by molar-refractivity contribution is 7.91. The molecule has 1 amide bonds. The van der Waals surface area contributed by atoms with Crippen LogP contribution in [0.2, 0.25) is 0 Å². The standard InChI is InChI=1S/C27H28N2O4S3/c1-17-9-14-20-23(16-17)35-27(25(20)26-28-21-6-3-4-7-22(21)34-26)29-24(30)8-5-15-36(31,32)19-12-10-18(33-2)11-13-19/h3-4,6-7,10-13,17H,5,8-9,14-16H2,1-2H3,(H,29,30). The number of rotatable bonds is 8. The molecule has 0 saturated heterocycles. The number of carbonyl (C=O) groups is 1. The van der Waals surface area contributed by atoms with Gasteiger partial charge in [0.25, 0.3) is 0 Å². The number of anilines is 1. The quantitative estimate of drug-likeness (QED) is 0.281. The minimum atomic E-state index is -3.47. The zero-order valence-electron chi connectivity index (χ0n) is 20.2. The Bertz CT molecular complexity index is 1470. The summed E-state index contributed by atoms with van der Waals surface area (Å²) in [5.74, 6) is 0.959. The predicted molar refractivity (Wildman–Crippen MR) is 147 cm³/mol. The Balaban J connectivity index is 1.32. The number of nitrogens with one attached hydrogen (secondary N) is 1. The summed E-state index contributed by atoms with van der Waals surface area (Å²) < 4.78 is 31.6. The lowest BCUT2D eigenvalue weighted by Crippen LogP contribution is -2.14. The number of hydrogen-bond acceptors (Lipinski definition) is 7. The van der Waals surface area contributed by atoms with Crippen molar-refractivity contribution in [3.63, 3.8) is 0 Å². The number of fused-ring (bicyclic) bond motifs is 2. The van der Waals surface area contributed by atoms with Crippen LogP contribution >= 0.6 is 22.7 Å². The van der Waals surface area contributed by atoms with Gasteiger partial charge < -0.3 is 10.1 Å². The van der Waals surface area contributed by atoms with Gasteiger partial charge in [0.15, 0.2) is 9.84 Å². The largest absolute Gasteiger partial charge is 0.497 e. The number of aromatic nitrogens is 1. The van der Waals surface area contributed by atoms with E-state index in [2.05, 4.69) is 18.3 Å². The number of methoxy groups -OCH3 is 1. The Labute approximate surface area is 219 Å². The SMILES string of the molecule is COc1ccc(S(=O)(=O)CCCC(=O)Nc2sc3c(c2-c2nc4ccccc4s2)CCC(C)C3)cc1. The number of thiophene rings is 1. The Morgan fingerprint density at radius 1 is 1.14 bits per heavy atom. The number of carbonyl (C=O) groups excluding carboxylic acids is 1. The highest BCUT2D eigenvalue weighted by Crippen LogP contribution is 2.47. The van der Waals surface area contributed by atoms with E-state index in [0.717, 1.165) is 45.1 Å². The van der Waals surface area contributed by atoms with Gasteiger partial charge in [0.2, 0.25) is 5.91 Å². The monoisotopic (exact) mass is 540 g/mol. The lowest BCUT2D eigenvalue weighted by atomic mass is 9.88. The Hall–Kier alpha value is -2.75. The van der Waals surface area contributed by atoms with Crippen LogP contribution in [0.15, 0.2) is 53.4 Å². The molecule has 2 heterocycles. The molecular formula is C27H28N2O4S3. The van der Waals surface area contributed by atoms with Crippen LogP contribution in [0.1, 0.15) is 36.6 Å². The molecule has 2 aromatic carbocycles. The average Bonchev–Trinajstić information content (AvgIpc) is 3.44. The van der Waals surface area contributed by atoms with Crippen molar-refractivity contribution in [3.05, 3.63) is 59.0 Å². The molecule has 9 heteroatoms. The van der Waals surface area contributed by atoms with Crippen molar-refractivity contribution in [3.8, 4) is 16.3 Å². The second-order valence-corrected chi connectivity index (χ2v) is 13.4. The summed E-state index contributed by atoms with van der Waals surface area (Å²) in [6.07, 6.45) is 3.49. The summed E-state index contributed by atoms with van der Waals surface area (Å²) in [5, 5.41) is 4.86. The van der Waals surface area contributed by atoms with E-state index in [1.165, 1.54) is 29.7 Å². The van der Waals surface area contributed by atoms with E-state index in [4.69, 9.17) is 9.72 Å². The number of benzene rings is 2. The van der Waals surface area contributed by atoms with Crippen LogP contribution in [0.4, 0.5) is 5.00 Å². The van der Waals surface area contributed by atoms with E-state index >= 15 is 0 Å². The van der Waals surface area contributed by atoms with E-state index in [9.17, 15) is 13.2 Å². The molecule has 1 unspecified atom stereocenters. The van der Waals surface area contributed by atoms with Gasteiger partial charge in [-0.15, -0.1) is 22.7 Å². The first kappa shape index (κ1) is 24.9. The van der Waals surface area contributed by atoms with Crippen molar-refractivity contribution < 1.29 is 17.9 Å². The molecular weight excluding hydrogens is 513 g/mol. The molecule has 0 saturated carbocycles. The van der Waals surface area contributed by atoms with Crippen molar-refractivity contribution in [1.82, 2.24) is 4.98 Å². The third-order valence-electron chi connectivity index (χ3n) is 6.51. The molecule has 2 aromatic heterocycles. The molecule has 0 radical (unpaired) electrons. The van der Waals surface area contributed by atoms with Gasteiger partial charge in [0.1, 0.15) is 15.8 Å². The van der Waals surface area contributed by atoms with E-state index in [1.807, 2.05) is 18.2 Å². The molecule has 0 fully saturated rings. The van der Waals surface area contributed by atoms with Crippen LogP contribution in [-0.2, 0) is 27.5 Å². The van der Waals surface area contributed by atoms with Crippen molar-refractivity contribution in [2.24, 2.45) is 5.92 Å². The third kappa shape index (κ3) is 5.19. The fourth-order valence-corrected chi connectivity index (χ4v) is 8.41. The van der Waals surface area contributed by atoms with Gasteiger partial charge in [-0.25, -0.2) is 13.4 Å². The molecule has 0 aliphatic heterocycles. The summed E-state index contributed by atoms with van der Waals surface area (Å²) in [7, 11) is -1.93. The highest BCUT2D eigenvalue weighted by atomic mass is 32.2. The molecule has 6 nitrogen and oxygen atoms in total. The highest BCUT2D eigenvalue weighted by Gasteiger charge is 2.27. The zero-order valence-corrected chi connectivity index (χ0v) is 22.7. The van der Waals surface area contributed by atoms with E-state index in [0.29, 0.717) is 11.7 Å². The second kappa shape index (κ2) is 10.3. The number of amides is 1. The number of para-hydroxylation sites is 1. The maximum Gasteiger partial charge on any atom is 0.225 e. The summed E-state index contributed by atoms with van der Waals surface area (Å²) in [5.41, 5.74) is 3.31.